The van der Waals surface area contributed by atoms with E-state index in [4.69, 9.17) is 9.84 Å². The zero-order valence-corrected chi connectivity index (χ0v) is 21.9. The molecule has 0 radical (unpaired) electrons. The van der Waals surface area contributed by atoms with Crippen LogP contribution in [0.5, 0.6) is 0 Å². The van der Waals surface area contributed by atoms with E-state index in [0.29, 0.717) is 23.5 Å². The molecule has 0 bridgehead atoms. The molecule has 3 saturated carbocycles. The molecule has 2 nitrogen and oxygen atoms in total. The van der Waals surface area contributed by atoms with Crippen molar-refractivity contribution in [1.82, 2.24) is 0 Å². The molecule has 4 aliphatic carbocycles. The van der Waals surface area contributed by atoms with E-state index in [0.717, 1.165) is 48.3 Å². The third kappa shape index (κ3) is 4.61. The summed E-state index contributed by atoms with van der Waals surface area (Å²) in [6.45, 7) is 13.6. The van der Waals surface area contributed by atoms with Crippen molar-refractivity contribution in [2.45, 2.75) is 118 Å². The Kier molecular flexibility index (Phi) is 7.82. The quantitative estimate of drug-likeness (QED) is 0.290. The van der Waals surface area contributed by atoms with Gasteiger partial charge in [0.25, 0.3) is 0 Å². The Morgan fingerprint density at radius 2 is 1.81 bits per heavy atom. The summed E-state index contributed by atoms with van der Waals surface area (Å²) < 4.78 is 6.13. The second kappa shape index (κ2) is 10.1. The molecule has 3 fully saturated rings. The highest BCUT2D eigenvalue weighted by atomic mass is 16.5. The fraction of sp³-hybridized carbons (Fsp3) is 0.933. The van der Waals surface area contributed by atoms with Crippen molar-refractivity contribution < 1.29 is 9.84 Å². The van der Waals surface area contributed by atoms with Gasteiger partial charge in [-0.3, -0.25) is 0 Å². The van der Waals surface area contributed by atoms with Gasteiger partial charge in [0.15, 0.2) is 0 Å². The summed E-state index contributed by atoms with van der Waals surface area (Å²) in [4.78, 5) is 0. The zero-order valence-electron chi connectivity index (χ0n) is 21.9. The van der Waals surface area contributed by atoms with E-state index in [1.165, 1.54) is 64.2 Å². The fourth-order valence-corrected chi connectivity index (χ4v) is 9.11. The summed E-state index contributed by atoms with van der Waals surface area (Å²) in [6, 6.07) is 0. The van der Waals surface area contributed by atoms with Gasteiger partial charge in [-0.2, -0.15) is 0 Å². The molecular weight excluding hydrogens is 392 g/mol. The first kappa shape index (κ1) is 24.8. The second-order valence-electron chi connectivity index (χ2n) is 13.1. The average Bonchev–Trinajstić information content (AvgIpc) is 3.11. The van der Waals surface area contributed by atoms with E-state index in [9.17, 15) is 0 Å². The number of ether oxygens (including phenoxy) is 1. The summed E-state index contributed by atoms with van der Waals surface area (Å²) in [5.74, 6) is 5.47. The minimum absolute atomic E-state index is 0.244. The van der Waals surface area contributed by atoms with Crippen LogP contribution in [-0.4, -0.2) is 24.4 Å². The maximum Gasteiger partial charge on any atom is 0.0612 e. The molecule has 0 saturated heterocycles. The molecule has 8 atom stereocenters. The number of rotatable bonds is 9. The minimum atomic E-state index is 0.244. The Balaban J connectivity index is 1.42. The van der Waals surface area contributed by atoms with Crippen LogP contribution < -0.4 is 0 Å². The number of aliphatic hydroxyl groups is 1. The van der Waals surface area contributed by atoms with Crippen LogP contribution in [0.25, 0.3) is 0 Å². The van der Waals surface area contributed by atoms with Crippen molar-refractivity contribution in [2.24, 2.45) is 46.3 Å². The normalized spacial score (nSPS) is 42.2. The second-order valence-corrected chi connectivity index (χ2v) is 13.1. The van der Waals surface area contributed by atoms with Crippen LogP contribution in [-0.2, 0) is 4.74 Å². The van der Waals surface area contributed by atoms with Gasteiger partial charge >= 0.3 is 0 Å². The van der Waals surface area contributed by atoms with Crippen LogP contribution in [0.1, 0.15) is 112 Å². The molecule has 0 amide bonds. The highest BCUT2D eigenvalue weighted by molar-refractivity contribution is 5.25. The standard InChI is InChI=1S/C30H52O2/c1-21(2)8-6-9-22(3)26-12-13-27-25-11-10-23-20-24(32-19-7-18-31)14-16-29(23,4)28(25)15-17-30(26,27)5/h10,21-22,24-28,31H,6-9,11-20H2,1-5H3/t22-,24?,25?,26-,27+,28+,29+,30-/m1/s1. The third-order valence-electron chi connectivity index (χ3n) is 10.9. The lowest BCUT2D eigenvalue weighted by atomic mass is 9.47. The molecule has 0 aromatic carbocycles. The molecule has 4 aliphatic rings. The maximum absolute atomic E-state index is 9.07. The molecule has 0 spiro atoms. The Labute approximate surface area is 199 Å². The summed E-state index contributed by atoms with van der Waals surface area (Å²) in [6.07, 6.45) is 19.0. The molecule has 4 rings (SSSR count). The van der Waals surface area contributed by atoms with Crippen LogP contribution in [0.2, 0.25) is 0 Å². The molecule has 2 heteroatoms. The van der Waals surface area contributed by atoms with Crippen LogP contribution in [0.15, 0.2) is 11.6 Å². The highest BCUT2D eigenvalue weighted by Gasteiger charge is 2.59. The van der Waals surface area contributed by atoms with Crippen LogP contribution >= 0.6 is 0 Å². The smallest absolute Gasteiger partial charge is 0.0612 e. The van der Waals surface area contributed by atoms with Crippen LogP contribution in [0.4, 0.5) is 0 Å². The Bertz CT molecular complexity index is 653. The molecule has 0 aromatic rings. The molecule has 32 heavy (non-hydrogen) atoms. The van der Waals surface area contributed by atoms with E-state index in [-0.39, 0.29) is 6.61 Å². The predicted octanol–water partition coefficient (Wildman–Crippen LogP) is 7.80. The van der Waals surface area contributed by atoms with Gasteiger partial charge in [0.05, 0.1) is 6.10 Å². The zero-order chi connectivity index (χ0) is 22.9. The lowest BCUT2D eigenvalue weighted by Gasteiger charge is -2.58. The molecular formula is C30H52O2. The molecule has 184 valence electrons. The van der Waals surface area contributed by atoms with Crippen LogP contribution in [0, 0.1) is 46.3 Å². The van der Waals surface area contributed by atoms with Crippen molar-refractivity contribution in [2.75, 3.05) is 13.2 Å². The first-order valence-corrected chi connectivity index (χ1v) is 14.2. The number of hydrogen-bond donors (Lipinski definition) is 1. The molecule has 2 unspecified atom stereocenters. The third-order valence-corrected chi connectivity index (χ3v) is 10.9. The lowest BCUT2D eigenvalue weighted by molar-refractivity contribution is -0.0645. The summed E-state index contributed by atoms with van der Waals surface area (Å²) in [7, 11) is 0. The van der Waals surface area contributed by atoms with Crippen LogP contribution in [0.3, 0.4) is 0 Å². The van der Waals surface area contributed by atoms with E-state index in [1.54, 1.807) is 5.57 Å². The highest BCUT2D eigenvalue weighted by Crippen LogP contribution is 2.67. The van der Waals surface area contributed by atoms with Gasteiger partial charge in [-0.1, -0.05) is 65.5 Å². The van der Waals surface area contributed by atoms with Gasteiger partial charge in [-0.15, -0.1) is 0 Å². The number of hydrogen-bond acceptors (Lipinski definition) is 2. The Morgan fingerprint density at radius 1 is 1.00 bits per heavy atom. The monoisotopic (exact) mass is 444 g/mol. The van der Waals surface area contributed by atoms with E-state index < -0.39 is 0 Å². The van der Waals surface area contributed by atoms with Crippen molar-refractivity contribution in [1.29, 1.82) is 0 Å². The lowest BCUT2D eigenvalue weighted by Crippen LogP contribution is -2.51. The minimum Gasteiger partial charge on any atom is -0.396 e. The largest absolute Gasteiger partial charge is 0.396 e. The van der Waals surface area contributed by atoms with E-state index in [2.05, 4.69) is 40.7 Å². The topological polar surface area (TPSA) is 29.5 Å². The van der Waals surface area contributed by atoms with Crippen molar-refractivity contribution in [3.63, 3.8) is 0 Å². The van der Waals surface area contributed by atoms with E-state index in [1.807, 2.05) is 0 Å². The van der Waals surface area contributed by atoms with E-state index >= 15 is 0 Å². The van der Waals surface area contributed by atoms with Crippen molar-refractivity contribution in [3.8, 4) is 0 Å². The Morgan fingerprint density at radius 3 is 2.56 bits per heavy atom. The van der Waals surface area contributed by atoms with Gasteiger partial charge in [-0.05, 0) is 104 Å². The van der Waals surface area contributed by atoms with Crippen molar-refractivity contribution in [3.05, 3.63) is 11.6 Å². The van der Waals surface area contributed by atoms with Gasteiger partial charge in [0, 0.05) is 13.2 Å². The van der Waals surface area contributed by atoms with Gasteiger partial charge in [-0.25, -0.2) is 0 Å². The molecule has 0 aliphatic heterocycles. The molecule has 1 N–H and O–H groups in total. The number of aliphatic hydroxyl groups excluding tert-OH is 1. The predicted molar refractivity (Wildman–Crippen MR) is 134 cm³/mol. The van der Waals surface area contributed by atoms with Gasteiger partial charge < -0.3 is 9.84 Å². The summed E-state index contributed by atoms with van der Waals surface area (Å²) in [5.41, 5.74) is 2.73. The number of allylic oxidation sites excluding steroid dienone is 1. The first-order chi connectivity index (χ1) is 15.3. The first-order valence-electron chi connectivity index (χ1n) is 14.2. The summed E-state index contributed by atoms with van der Waals surface area (Å²) in [5, 5.41) is 9.07. The maximum atomic E-state index is 9.07. The van der Waals surface area contributed by atoms with Crippen molar-refractivity contribution >= 4 is 0 Å². The Hall–Kier alpha value is -0.340. The SMILES string of the molecule is CC(C)CCC[C@@H](C)[C@H]1CC[C@H]2C3CC=C4CC(OCCCO)CC[C@]4(C)[C@H]3CC[C@]12C. The van der Waals surface area contributed by atoms with Gasteiger partial charge in [0.1, 0.15) is 0 Å². The average molecular weight is 445 g/mol. The van der Waals surface area contributed by atoms with Gasteiger partial charge in [0.2, 0.25) is 0 Å². The fourth-order valence-electron chi connectivity index (χ4n) is 9.11. The summed E-state index contributed by atoms with van der Waals surface area (Å²) >= 11 is 0. The molecule has 0 aromatic heterocycles. The number of fused-ring (bicyclic) bond motifs is 5. The molecule has 0 heterocycles.